The van der Waals surface area contributed by atoms with Crippen molar-refractivity contribution in [2.24, 2.45) is 0 Å². The minimum absolute atomic E-state index is 0.0666. The van der Waals surface area contributed by atoms with Gasteiger partial charge in [-0.1, -0.05) is 0 Å². The Kier molecular flexibility index (Phi) is 3.61. The van der Waals surface area contributed by atoms with Crippen LogP contribution in [0.1, 0.15) is 16.7 Å². The van der Waals surface area contributed by atoms with Crippen LogP contribution >= 0.6 is 0 Å². The molecule has 0 bridgehead atoms. The smallest absolute Gasteiger partial charge is 0.353 e. The van der Waals surface area contributed by atoms with E-state index in [2.05, 4.69) is 10.3 Å². The number of aryl methyl sites for hydroxylation is 1. The highest BCUT2D eigenvalue weighted by molar-refractivity contribution is 5.68. The number of alkyl halides is 3. The lowest BCUT2D eigenvalue weighted by Gasteiger charge is -2.12. The number of benzene rings is 1. The Bertz CT molecular complexity index is 672. The molecule has 0 aliphatic heterocycles. The van der Waals surface area contributed by atoms with Crippen LogP contribution < -0.4 is 5.32 Å². The molecule has 102 valence electrons. The topological polar surface area (TPSA) is 48.7 Å². The third kappa shape index (κ3) is 2.88. The van der Waals surface area contributed by atoms with Gasteiger partial charge in [-0.05, 0) is 36.8 Å². The second kappa shape index (κ2) is 5.21. The van der Waals surface area contributed by atoms with Crippen molar-refractivity contribution in [1.29, 1.82) is 5.26 Å². The maximum atomic E-state index is 12.6. The van der Waals surface area contributed by atoms with Crippen molar-refractivity contribution in [2.45, 2.75) is 13.1 Å². The molecule has 6 heteroatoms. The SMILES string of the molecule is Cc1ccncc1Nc1ccc(C(F)(F)F)cc1C#N. The standard InChI is InChI=1S/C14H10F3N3/c1-9-4-5-19-8-13(9)20-12-3-2-11(14(15,16)17)6-10(12)7-18/h2-6,8,20H,1H3. The summed E-state index contributed by atoms with van der Waals surface area (Å²) in [6.45, 7) is 1.83. The minimum atomic E-state index is -4.46. The largest absolute Gasteiger partial charge is 0.416 e. The Morgan fingerprint density at radius 3 is 2.55 bits per heavy atom. The van der Waals surface area contributed by atoms with Crippen molar-refractivity contribution >= 4 is 11.4 Å². The third-order valence-corrected chi connectivity index (χ3v) is 2.78. The molecule has 0 spiro atoms. The molecule has 0 atom stereocenters. The molecule has 20 heavy (non-hydrogen) atoms. The fourth-order valence-corrected chi connectivity index (χ4v) is 1.66. The summed E-state index contributed by atoms with van der Waals surface area (Å²) in [5, 5.41) is 11.9. The molecule has 0 aliphatic carbocycles. The lowest BCUT2D eigenvalue weighted by Crippen LogP contribution is -2.06. The number of rotatable bonds is 2. The summed E-state index contributed by atoms with van der Waals surface area (Å²) >= 11 is 0. The molecule has 0 radical (unpaired) electrons. The van der Waals surface area contributed by atoms with Crippen molar-refractivity contribution in [3.05, 3.63) is 53.3 Å². The molecule has 3 nitrogen and oxygen atoms in total. The van der Waals surface area contributed by atoms with E-state index in [0.717, 1.165) is 17.7 Å². The fourth-order valence-electron chi connectivity index (χ4n) is 1.66. The van der Waals surface area contributed by atoms with Crippen LogP contribution in [0.4, 0.5) is 24.5 Å². The Hall–Kier alpha value is -2.55. The zero-order valence-corrected chi connectivity index (χ0v) is 10.5. The first-order valence-corrected chi connectivity index (χ1v) is 5.71. The van der Waals surface area contributed by atoms with Crippen LogP contribution in [0.3, 0.4) is 0 Å². The van der Waals surface area contributed by atoms with Crippen LogP contribution in [0.2, 0.25) is 0 Å². The monoisotopic (exact) mass is 277 g/mol. The predicted molar refractivity (Wildman–Crippen MR) is 68.4 cm³/mol. The molecule has 1 aromatic carbocycles. The van der Waals surface area contributed by atoms with Gasteiger partial charge >= 0.3 is 6.18 Å². The van der Waals surface area contributed by atoms with E-state index in [9.17, 15) is 13.2 Å². The molecule has 1 N–H and O–H groups in total. The molecule has 1 aromatic heterocycles. The zero-order valence-electron chi connectivity index (χ0n) is 10.5. The number of nitriles is 1. The summed E-state index contributed by atoms with van der Waals surface area (Å²) in [4.78, 5) is 3.93. The van der Waals surface area contributed by atoms with E-state index < -0.39 is 11.7 Å². The molecule has 2 rings (SSSR count). The van der Waals surface area contributed by atoms with Gasteiger partial charge in [0.15, 0.2) is 0 Å². The van der Waals surface area contributed by atoms with E-state index in [1.807, 2.05) is 6.92 Å². The predicted octanol–water partition coefficient (Wildman–Crippen LogP) is 4.02. The first-order valence-electron chi connectivity index (χ1n) is 5.71. The first kappa shape index (κ1) is 13.9. The van der Waals surface area contributed by atoms with E-state index in [1.165, 1.54) is 6.07 Å². The zero-order chi connectivity index (χ0) is 14.8. The van der Waals surface area contributed by atoms with Crippen LogP contribution in [0.25, 0.3) is 0 Å². The molecule has 0 saturated heterocycles. The molecule has 0 aliphatic rings. The second-order valence-corrected chi connectivity index (χ2v) is 4.19. The summed E-state index contributed by atoms with van der Waals surface area (Å²) in [5.41, 5.74) is 0.926. The molecular weight excluding hydrogens is 267 g/mol. The quantitative estimate of drug-likeness (QED) is 0.901. The van der Waals surface area contributed by atoms with Crippen LogP contribution in [-0.2, 0) is 6.18 Å². The fraction of sp³-hybridized carbons (Fsp3) is 0.143. The van der Waals surface area contributed by atoms with Crippen LogP contribution in [-0.4, -0.2) is 4.98 Å². The number of anilines is 2. The number of hydrogen-bond donors (Lipinski definition) is 1. The normalized spacial score (nSPS) is 10.9. The Morgan fingerprint density at radius 1 is 1.20 bits per heavy atom. The Labute approximate surface area is 113 Å². The lowest BCUT2D eigenvalue weighted by molar-refractivity contribution is -0.137. The van der Waals surface area contributed by atoms with Gasteiger partial charge in [0.2, 0.25) is 0 Å². The van der Waals surface area contributed by atoms with E-state index in [1.54, 1.807) is 24.5 Å². The lowest BCUT2D eigenvalue weighted by atomic mass is 10.1. The van der Waals surface area contributed by atoms with E-state index in [4.69, 9.17) is 5.26 Å². The van der Waals surface area contributed by atoms with Crippen LogP contribution in [0, 0.1) is 18.3 Å². The molecule has 0 fully saturated rings. The van der Waals surface area contributed by atoms with Gasteiger partial charge in [0.25, 0.3) is 0 Å². The van der Waals surface area contributed by atoms with Crippen LogP contribution in [0.5, 0.6) is 0 Å². The average molecular weight is 277 g/mol. The van der Waals surface area contributed by atoms with E-state index in [0.29, 0.717) is 11.4 Å². The van der Waals surface area contributed by atoms with Gasteiger partial charge in [-0.25, -0.2) is 0 Å². The van der Waals surface area contributed by atoms with Crippen molar-refractivity contribution in [2.75, 3.05) is 5.32 Å². The number of nitrogens with one attached hydrogen (secondary N) is 1. The van der Waals surface area contributed by atoms with Crippen molar-refractivity contribution in [3.8, 4) is 6.07 Å². The molecule has 2 aromatic rings. The number of aromatic nitrogens is 1. The summed E-state index contributed by atoms with van der Waals surface area (Å²) in [5.74, 6) is 0. The van der Waals surface area contributed by atoms with Crippen molar-refractivity contribution < 1.29 is 13.2 Å². The second-order valence-electron chi connectivity index (χ2n) is 4.19. The average Bonchev–Trinajstić information content (AvgIpc) is 2.40. The van der Waals surface area contributed by atoms with Gasteiger partial charge in [-0.15, -0.1) is 0 Å². The Morgan fingerprint density at radius 2 is 1.95 bits per heavy atom. The highest BCUT2D eigenvalue weighted by Crippen LogP contribution is 2.32. The van der Waals surface area contributed by atoms with Gasteiger partial charge < -0.3 is 5.32 Å². The summed E-state index contributed by atoms with van der Waals surface area (Å²) in [6.07, 6.45) is -1.30. The maximum Gasteiger partial charge on any atom is 0.416 e. The number of pyridine rings is 1. The first-order chi connectivity index (χ1) is 9.41. The molecule has 0 unspecified atom stereocenters. The molecule has 0 amide bonds. The molecule has 1 heterocycles. The highest BCUT2D eigenvalue weighted by atomic mass is 19.4. The number of hydrogen-bond acceptors (Lipinski definition) is 3. The maximum absolute atomic E-state index is 12.6. The Balaban J connectivity index is 2.39. The minimum Gasteiger partial charge on any atom is -0.353 e. The molecular formula is C14H10F3N3. The van der Waals surface area contributed by atoms with Gasteiger partial charge in [0.05, 0.1) is 28.7 Å². The molecule has 0 saturated carbocycles. The van der Waals surface area contributed by atoms with Gasteiger partial charge in [0, 0.05) is 6.20 Å². The van der Waals surface area contributed by atoms with Gasteiger partial charge in [0.1, 0.15) is 6.07 Å². The third-order valence-electron chi connectivity index (χ3n) is 2.78. The highest BCUT2D eigenvalue weighted by Gasteiger charge is 2.31. The van der Waals surface area contributed by atoms with E-state index >= 15 is 0 Å². The van der Waals surface area contributed by atoms with Gasteiger partial charge in [-0.3, -0.25) is 4.98 Å². The van der Waals surface area contributed by atoms with Gasteiger partial charge in [-0.2, -0.15) is 18.4 Å². The summed E-state index contributed by atoms with van der Waals surface area (Å²) < 4.78 is 37.8. The summed E-state index contributed by atoms with van der Waals surface area (Å²) in [7, 11) is 0. The van der Waals surface area contributed by atoms with Crippen molar-refractivity contribution in [1.82, 2.24) is 4.98 Å². The van der Waals surface area contributed by atoms with Crippen molar-refractivity contribution in [3.63, 3.8) is 0 Å². The number of halogens is 3. The number of nitrogens with zero attached hydrogens (tertiary/aromatic N) is 2. The summed E-state index contributed by atoms with van der Waals surface area (Å²) in [6, 6.07) is 6.54. The van der Waals surface area contributed by atoms with E-state index in [-0.39, 0.29) is 5.56 Å². The van der Waals surface area contributed by atoms with Crippen LogP contribution in [0.15, 0.2) is 36.7 Å².